The predicted molar refractivity (Wildman–Crippen MR) is 356 cm³/mol. The summed E-state index contributed by atoms with van der Waals surface area (Å²) in [7, 11) is 2.60. The number of aryl methyl sites for hydroxylation is 1. The van der Waals surface area contributed by atoms with Crippen LogP contribution < -0.4 is 36.2 Å². The maximum Gasteiger partial charge on any atom is 0.252 e. The maximum absolute atomic E-state index is 14.6. The number of carbonyl (C=O) groups excluding carboxylic acids is 8. The van der Waals surface area contributed by atoms with Gasteiger partial charge in [0.2, 0.25) is 35.3 Å². The Morgan fingerprint density at radius 2 is 1.52 bits per heavy atom. The van der Waals surface area contributed by atoms with E-state index in [1.54, 1.807) is 49.9 Å². The van der Waals surface area contributed by atoms with Crippen LogP contribution >= 0.6 is 0 Å². The zero-order valence-electron chi connectivity index (χ0n) is 58.0. The van der Waals surface area contributed by atoms with E-state index in [4.69, 9.17) is 39.3 Å². The fourth-order valence-electron chi connectivity index (χ4n) is 14.6. The highest BCUT2D eigenvalue weighted by molar-refractivity contribution is 6.31. The van der Waals surface area contributed by atoms with E-state index in [-0.39, 0.29) is 85.7 Å². The minimum Gasteiger partial charge on any atom is -0.507 e. The summed E-state index contributed by atoms with van der Waals surface area (Å²) in [6, 6.07) is 15.4. The van der Waals surface area contributed by atoms with Gasteiger partial charge in [0.05, 0.1) is 73.8 Å². The van der Waals surface area contributed by atoms with Crippen LogP contribution in [0.3, 0.4) is 0 Å². The molecule has 33 heteroatoms. The van der Waals surface area contributed by atoms with Crippen LogP contribution in [0.15, 0.2) is 66.7 Å². The second kappa shape index (κ2) is 30.8. The van der Waals surface area contributed by atoms with Gasteiger partial charge in [0.25, 0.3) is 5.91 Å². The summed E-state index contributed by atoms with van der Waals surface area (Å²) >= 11 is 0. The number of phenolic OH excluding ortho intramolecular Hbond substituents is 2. The molecule has 4 aromatic carbocycles. The topological polar surface area (TPSA) is 449 Å². The third-order valence-electron chi connectivity index (χ3n) is 19.8. The van der Waals surface area contributed by atoms with Crippen molar-refractivity contribution < 1.29 is 113 Å². The lowest BCUT2D eigenvalue weighted by molar-refractivity contribution is -0.301. The normalized spacial score (nSPS) is 26.9. The molecule has 6 heterocycles. The summed E-state index contributed by atoms with van der Waals surface area (Å²) < 4.78 is 56.9. The molecule has 0 bridgehead atoms. The van der Waals surface area contributed by atoms with Crippen LogP contribution in [0.4, 0.5) is 5.69 Å². The van der Waals surface area contributed by atoms with Crippen LogP contribution in [-0.4, -0.2) is 248 Å². The summed E-state index contributed by atoms with van der Waals surface area (Å²) in [5, 5.41) is 100. The van der Waals surface area contributed by atoms with Crippen LogP contribution in [0.25, 0.3) is 22.5 Å². The standard InChI is InChI=1S/C70H84N10O23/c1-32(2)53(75-46(83)20-21-71-45(82)18-19-47(84)80-29-34-12-7-8-13-35(34)55-54(76-77-78(55)4)36-14-9-10-16-40(36)80)65(93)74-39(31-99-67-62(91)61(90)58(87)44(30-81)102-67)64(92)72-22-23-73-69(94)70(95)27-38-50(60(89)52-51(57(38)86)56(85)37-15-11-17-42(96-5)49(37)59(52)88)43(28-70)101-48-26-41-63(33(3)100-48)103-66-68(97-6)98-25-24-79(41)66/h7-17,32-33,39,41,43-44,48,53,58,61-63,66-68,81,86-87,89-91,95H,18-31H2,1-6H3,(H,71,82)(H,72,92)(H,73,94)(H,74,93)(H,75,83)/t33-,39-,41-,43-,44+,48-,53-,58+,61-,62+,63+,66+,67+,68-,70-/m0/s1/i4T. The number of ketones is 2. The number of fused-ring (bicyclic) bond motifs is 11. The molecule has 552 valence electrons. The number of amides is 6. The number of phenols is 2. The van der Waals surface area contributed by atoms with Crippen molar-refractivity contribution >= 4 is 52.7 Å². The number of aromatic hydroxyl groups is 2. The van der Waals surface area contributed by atoms with Crippen molar-refractivity contribution in [2.45, 2.75) is 157 Å². The minimum atomic E-state index is -2.53. The molecule has 103 heavy (non-hydrogen) atoms. The Bertz CT molecular complexity index is 4120. The largest absolute Gasteiger partial charge is 0.507 e. The predicted octanol–water partition coefficient (Wildman–Crippen LogP) is -0.880. The monoisotopic (exact) mass is 1430 g/mol. The highest BCUT2D eigenvalue weighted by Crippen LogP contribution is 2.53. The summed E-state index contributed by atoms with van der Waals surface area (Å²) in [6.45, 7) is 3.14. The quantitative estimate of drug-likeness (QED) is 0.0274. The lowest BCUT2D eigenvalue weighted by Gasteiger charge is -2.43. The van der Waals surface area contributed by atoms with Gasteiger partial charge in [-0.3, -0.25) is 43.3 Å². The SMILES string of the molecule is [3H]Cn1nnc2c1-c1ccccc1CN(C(=O)CCC(=O)NCCC(=O)N[C@H](C(=O)N[C@@H](CO[C@@H]1O[C@H](CO)[C@@H](O)[C@H](O)[C@H]1O)C(=O)NCCNC(=O)[C@]1(O)Cc3c(O)c4c(c(O)c3[C@@H](O[C@H]3C[C@H]5[C@H](O[C@@H]6[C@@H](OC)OCCN65)[C@H](C)O3)C1)C(=O)c1c(OC)cccc1C4=O)C(C)C)c1ccccc1-2. The van der Waals surface area contributed by atoms with Gasteiger partial charge in [-0.1, -0.05) is 73.7 Å². The van der Waals surface area contributed by atoms with E-state index in [0.717, 1.165) is 11.1 Å². The number of morpholine rings is 1. The zero-order chi connectivity index (χ0) is 74.2. The van der Waals surface area contributed by atoms with Crippen LogP contribution in [0.2, 0.25) is 0 Å². The molecule has 12 N–H and O–H groups in total. The van der Waals surface area contributed by atoms with E-state index in [9.17, 15) is 74.1 Å². The molecule has 15 atom stereocenters. The molecule has 4 fully saturated rings. The highest BCUT2D eigenvalue weighted by Gasteiger charge is 2.56. The number of aromatic nitrogens is 3. The van der Waals surface area contributed by atoms with Crippen molar-refractivity contribution in [2.24, 2.45) is 12.9 Å². The molecule has 7 aliphatic rings. The summed E-state index contributed by atoms with van der Waals surface area (Å²) in [5.74, 6) is -8.55. The zero-order valence-corrected chi connectivity index (χ0v) is 57.0. The molecule has 6 amide bonds. The van der Waals surface area contributed by atoms with Gasteiger partial charge in [-0.25, -0.2) is 4.68 Å². The Morgan fingerprint density at radius 3 is 2.27 bits per heavy atom. The summed E-state index contributed by atoms with van der Waals surface area (Å²) in [4.78, 5) is 116. The second-order valence-electron chi connectivity index (χ2n) is 26.7. The number of aliphatic hydroxyl groups is 5. The average molecular weight is 1440 g/mol. The van der Waals surface area contributed by atoms with Crippen molar-refractivity contribution in [1.82, 2.24) is 46.5 Å². The molecule has 2 aliphatic carbocycles. The number of hydrogen-bond donors (Lipinski definition) is 12. The molecule has 5 aromatic rings. The Labute approximate surface area is 591 Å². The maximum atomic E-state index is 14.6. The number of nitrogens with zero attached hydrogens (tertiary/aromatic N) is 5. The fourth-order valence-corrected chi connectivity index (χ4v) is 14.6. The van der Waals surface area contributed by atoms with Gasteiger partial charge in [-0.05, 0) is 30.5 Å². The Kier molecular flexibility index (Phi) is 21.6. The first kappa shape index (κ1) is 72.4. The van der Waals surface area contributed by atoms with E-state index in [1.165, 1.54) is 37.1 Å². The average Bonchev–Trinajstić information content (AvgIpc) is 0.903. The molecule has 1 aromatic heterocycles. The molecular formula is C70H84N10O23. The molecule has 33 nitrogen and oxygen atoms in total. The van der Waals surface area contributed by atoms with Crippen LogP contribution in [0.1, 0.15) is 109 Å². The number of benzene rings is 4. The molecule has 0 radical (unpaired) electrons. The third-order valence-corrected chi connectivity index (χ3v) is 19.8. The van der Waals surface area contributed by atoms with Gasteiger partial charge in [0.1, 0.15) is 71.1 Å². The van der Waals surface area contributed by atoms with Crippen molar-refractivity contribution in [1.29, 1.82) is 0 Å². The highest BCUT2D eigenvalue weighted by atomic mass is 16.7. The number of ether oxygens (including phenoxy) is 8. The number of hydrogen-bond acceptors (Lipinski definition) is 26. The molecule has 0 spiro atoms. The summed E-state index contributed by atoms with van der Waals surface area (Å²) in [6.07, 6.45) is -16.0. The lowest BCUT2D eigenvalue weighted by Crippen LogP contribution is -2.61. The fraction of sp³-hybridized carbons (Fsp3) is 0.514. The second-order valence-corrected chi connectivity index (χ2v) is 26.7. The van der Waals surface area contributed by atoms with E-state index in [2.05, 4.69) is 41.8 Å². The number of anilines is 1. The van der Waals surface area contributed by atoms with Gasteiger partial charge < -0.3 is 105 Å². The van der Waals surface area contributed by atoms with Crippen LogP contribution in [0.5, 0.6) is 17.2 Å². The van der Waals surface area contributed by atoms with E-state index >= 15 is 0 Å². The van der Waals surface area contributed by atoms with E-state index in [1.807, 2.05) is 24.3 Å². The van der Waals surface area contributed by atoms with Gasteiger partial charge >= 0.3 is 0 Å². The van der Waals surface area contributed by atoms with Crippen molar-refractivity contribution in [3.63, 3.8) is 0 Å². The van der Waals surface area contributed by atoms with Crippen molar-refractivity contribution in [2.75, 3.05) is 65.1 Å². The van der Waals surface area contributed by atoms with Crippen LogP contribution in [-0.2, 0) is 81.9 Å². The Balaban J connectivity index is 0.701. The van der Waals surface area contributed by atoms with Gasteiger partial charge in [0.15, 0.2) is 30.9 Å². The first-order valence-corrected chi connectivity index (χ1v) is 33.9. The van der Waals surface area contributed by atoms with Crippen LogP contribution in [0, 0.1) is 5.92 Å². The number of para-hydroxylation sites is 1. The smallest absolute Gasteiger partial charge is 0.252 e. The van der Waals surface area contributed by atoms with E-state index in [0.29, 0.717) is 35.8 Å². The van der Waals surface area contributed by atoms with Gasteiger partial charge in [-0.2, -0.15) is 0 Å². The Morgan fingerprint density at radius 1 is 0.786 bits per heavy atom. The molecule has 4 saturated heterocycles. The van der Waals surface area contributed by atoms with Crippen molar-refractivity contribution in [3.05, 3.63) is 106 Å². The lowest BCUT2D eigenvalue weighted by atomic mass is 9.72. The number of carbonyl (C=O) groups is 8. The number of methoxy groups -OCH3 is 2. The first-order valence-electron chi connectivity index (χ1n) is 34.6. The third kappa shape index (κ3) is 14.5. The van der Waals surface area contributed by atoms with E-state index < -0.39 is 194 Å². The molecule has 0 saturated carbocycles. The van der Waals surface area contributed by atoms with Gasteiger partial charge in [0, 0.05) is 114 Å². The molecule has 12 rings (SSSR count). The molecule has 5 aliphatic heterocycles. The number of aliphatic hydroxyl groups excluding tert-OH is 4. The molecular weight excluding hydrogens is 1350 g/mol. The number of rotatable bonds is 23. The Hall–Kier alpha value is -8.94. The minimum absolute atomic E-state index is 0.0215. The summed E-state index contributed by atoms with van der Waals surface area (Å²) in [5.41, 5.74) is -0.705. The first-order chi connectivity index (χ1) is 49.9. The number of nitrogens with one attached hydrogen (secondary N) is 5. The van der Waals surface area contributed by atoms with Crippen molar-refractivity contribution in [3.8, 4) is 39.8 Å². The van der Waals surface area contributed by atoms with Gasteiger partial charge in [-0.15, -0.1) is 5.10 Å². The molecule has 0 unspecified atom stereocenters.